The fraction of sp³-hybridized carbons (Fsp3) is 0.533. The maximum absolute atomic E-state index is 13.2. The molecule has 1 amide bonds. The van der Waals surface area contributed by atoms with Crippen LogP contribution in [0.15, 0.2) is 18.2 Å². The monoisotopic (exact) mass is 296 g/mol. The largest absolute Gasteiger partial charge is 0.396 e. The Bertz CT molecular complexity index is 553. The first kappa shape index (κ1) is 14.4. The fourth-order valence-electron chi connectivity index (χ4n) is 3.50. The molecule has 2 aliphatic heterocycles. The van der Waals surface area contributed by atoms with Gasteiger partial charge in [-0.3, -0.25) is 9.69 Å². The van der Waals surface area contributed by atoms with Crippen molar-refractivity contribution < 1.29 is 18.7 Å². The van der Waals surface area contributed by atoms with E-state index >= 15 is 0 Å². The summed E-state index contributed by atoms with van der Waals surface area (Å²) in [4.78, 5) is 16.0. The van der Waals surface area contributed by atoms with Crippen molar-refractivity contribution in [1.82, 2.24) is 9.80 Å². The number of aliphatic hydroxyl groups is 1. The molecule has 6 heteroatoms. The highest BCUT2D eigenvalue weighted by Crippen LogP contribution is 2.39. The van der Waals surface area contributed by atoms with E-state index in [-0.39, 0.29) is 29.5 Å². The van der Waals surface area contributed by atoms with Gasteiger partial charge in [-0.2, -0.15) is 0 Å². The van der Waals surface area contributed by atoms with E-state index in [1.54, 1.807) is 4.90 Å². The molecule has 1 spiro atoms. The lowest BCUT2D eigenvalue weighted by molar-refractivity contribution is -0.00779. The van der Waals surface area contributed by atoms with E-state index in [1.807, 2.05) is 7.05 Å². The van der Waals surface area contributed by atoms with Gasteiger partial charge in [-0.15, -0.1) is 0 Å². The summed E-state index contributed by atoms with van der Waals surface area (Å²) in [6.45, 7) is 2.04. The molecule has 1 atom stereocenters. The molecule has 2 saturated heterocycles. The Morgan fingerprint density at radius 2 is 1.95 bits per heavy atom. The summed E-state index contributed by atoms with van der Waals surface area (Å²) in [5, 5.41) is 9.26. The van der Waals surface area contributed by atoms with Crippen molar-refractivity contribution in [3.63, 3.8) is 0 Å². The van der Waals surface area contributed by atoms with Crippen molar-refractivity contribution in [2.24, 2.45) is 5.92 Å². The van der Waals surface area contributed by atoms with Gasteiger partial charge in [0, 0.05) is 37.9 Å². The zero-order chi connectivity index (χ0) is 15.2. The highest BCUT2D eigenvalue weighted by molar-refractivity contribution is 5.95. The van der Waals surface area contributed by atoms with Crippen LogP contribution in [-0.4, -0.2) is 59.6 Å². The molecular formula is C15H18F2N2O2. The van der Waals surface area contributed by atoms with Gasteiger partial charge in [0.15, 0.2) is 0 Å². The third-order valence-corrected chi connectivity index (χ3v) is 4.64. The average Bonchev–Trinajstić information content (AvgIpc) is 2.72. The lowest BCUT2D eigenvalue weighted by Crippen LogP contribution is -2.68. The zero-order valence-corrected chi connectivity index (χ0v) is 11.9. The highest BCUT2D eigenvalue weighted by atomic mass is 19.1. The predicted octanol–water partition coefficient (Wildman–Crippen LogP) is 1.10. The quantitative estimate of drug-likeness (QED) is 0.889. The summed E-state index contributed by atoms with van der Waals surface area (Å²) in [7, 11) is 1.99. The van der Waals surface area contributed by atoms with Crippen molar-refractivity contribution in [3.05, 3.63) is 35.4 Å². The summed E-state index contributed by atoms with van der Waals surface area (Å²) in [6, 6.07) is 2.88. The molecule has 2 fully saturated rings. The van der Waals surface area contributed by atoms with E-state index in [0.717, 1.165) is 31.2 Å². The van der Waals surface area contributed by atoms with Crippen LogP contribution in [0.25, 0.3) is 0 Å². The minimum Gasteiger partial charge on any atom is -0.396 e. The fourth-order valence-corrected chi connectivity index (χ4v) is 3.50. The number of carbonyl (C=O) groups is 1. The molecule has 0 saturated carbocycles. The van der Waals surface area contributed by atoms with Gasteiger partial charge in [0.25, 0.3) is 5.91 Å². The lowest BCUT2D eigenvalue weighted by Gasteiger charge is -2.52. The van der Waals surface area contributed by atoms with Crippen molar-refractivity contribution in [1.29, 1.82) is 0 Å². The van der Waals surface area contributed by atoms with E-state index in [9.17, 15) is 18.7 Å². The maximum atomic E-state index is 13.2. The normalized spacial score (nSPS) is 24.4. The van der Waals surface area contributed by atoms with Gasteiger partial charge in [-0.25, -0.2) is 8.78 Å². The van der Waals surface area contributed by atoms with E-state index < -0.39 is 11.6 Å². The van der Waals surface area contributed by atoms with Crippen LogP contribution in [-0.2, 0) is 0 Å². The molecule has 114 valence electrons. The third-order valence-electron chi connectivity index (χ3n) is 4.64. The van der Waals surface area contributed by atoms with Gasteiger partial charge in [-0.1, -0.05) is 0 Å². The summed E-state index contributed by atoms with van der Waals surface area (Å²) < 4.78 is 26.4. The van der Waals surface area contributed by atoms with E-state index in [4.69, 9.17) is 0 Å². The van der Waals surface area contributed by atoms with Crippen molar-refractivity contribution in [3.8, 4) is 0 Å². The summed E-state index contributed by atoms with van der Waals surface area (Å²) in [5.74, 6) is -1.60. The van der Waals surface area contributed by atoms with Gasteiger partial charge in [0.2, 0.25) is 0 Å². The van der Waals surface area contributed by atoms with Crippen LogP contribution in [0.4, 0.5) is 8.78 Å². The number of amides is 1. The number of likely N-dealkylation sites (tertiary alicyclic amines) is 2. The molecule has 2 heterocycles. The molecule has 4 nitrogen and oxygen atoms in total. The molecule has 3 rings (SSSR count). The van der Waals surface area contributed by atoms with Crippen LogP contribution in [0.2, 0.25) is 0 Å². The molecule has 21 heavy (non-hydrogen) atoms. The van der Waals surface area contributed by atoms with Crippen LogP contribution in [0.3, 0.4) is 0 Å². The number of hydrogen-bond acceptors (Lipinski definition) is 3. The summed E-state index contributed by atoms with van der Waals surface area (Å²) in [5.41, 5.74) is -0.0451. The second-order valence-electron chi connectivity index (χ2n) is 6.18. The van der Waals surface area contributed by atoms with Gasteiger partial charge in [0.1, 0.15) is 11.6 Å². The van der Waals surface area contributed by atoms with E-state index in [1.165, 1.54) is 0 Å². The van der Waals surface area contributed by atoms with E-state index in [0.29, 0.717) is 13.1 Å². The first-order valence-corrected chi connectivity index (χ1v) is 7.01. The Balaban J connectivity index is 1.70. The number of hydrogen-bond donors (Lipinski definition) is 1. The molecular weight excluding hydrogens is 278 g/mol. The van der Waals surface area contributed by atoms with Crippen LogP contribution in [0.1, 0.15) is 16.8 Å². The van der Waals surface area contributed by atoms with Gasteiger partial charge >= 0.3 is 0 Å². The SMILES string of the molecule is CN1C[C@H](CO)CC12CN(C(=O)c1cc(F)cc(F)c1)C2. The molecule has 1 N–H and O–H groups in total. The maximum Gasteiger partial charge on any atom is 0.254 e. The minimum atomic E-state index is -0.744. The van der Waals surface area contributed by atoms with Crippen LogP contribution in [0, 0.1) is 17.6 Å². The van der Waals surface area contributed by atoms with Crippen molar-refractivity contribution in [2.75, 3.05) is 33.3 Å². The number of aliphatic hydroxyl groups excluding tert-OH is 1. The highest BCUT2D eigenvalue weighted by Gasteiger charge is 2.52. The number of rotatable bonds is 2. The number of nitrogens with zero attached hydrogens (tertiary/aromatic N) is 2. The molecule has 1 aromatic carbocycles. The Morgan fingerprint density at radius 3 is 2.48 bits per heavy atom. The first-order valence-electron chi connectivity index (χ1n) is 7.01. The smallest absolute Gasteiger partial charge is 0.254 e. The van der Waals surface area contributed by atoms with E-state index in [2.05, 4.69) is 4.90 Å². The lowest BCUT2D eigenvalue weighted by atomic mass is 9.84. The average molecular weight is 296 g/mol. The molecule has 0 aromatic heterocycles. The summed E-state index contributed by atoms with van der Waals surface area (Å²) in [6.07, 6.45) is 0.849. The van der Waals surface area contributed by atoms with Gasteiger partial charge in [0.05, 0.1) is 5.54 Å². The number of likely N-dealkylation sites (N-methyl/N-ethyl adjacent to an activating group) is 1. The molecule has 0 aliphatic carbocycles. The number of benzene rings is 1. The van der Waals surface area contributed by atoms with Gasteiger partial charge < -0.3 is 10.0 Å². The predicted molar refractivity (Wildman–Crippen MR) is 72.8 cm³/mol. The molecule has 0 bridgehead atoms. The van der Waals surface area contributed by atoms with Crippen molar-refractivity contribution >= 4 is 5.91 Å². The first-order chi connectivity index (χ1) is 9.93. The Kier molecular flexibility index (Phi) is 3.45. The van der Waals surface area contributed by atoms with Crippen molar-refractivity contribution in [2.45, 2.75) is 12.0 Å². The Morgan fingerprint density at radius 1 is 1.33 bits per heavy atom. The van der Waals surface area contributed by atoms with Crippen LogP contribution in [0.5, 0.6) is 0 Å². The number of carbonyl (C=O) groups excluding carboxylic acids is 1. The molecule has 2 aliphatic rings. The molecule has 1 aromatic rings. The summed E-state index contributed by atoms with van der Waals surface area (Å²) >= 11 is 0. The minimum absolute atomic E-state index is 0.0432. The second kappa shape index (κ2) is 5.03. The molecule has 0 unspecified atom stereocenters. The van der Waals surface area contributed by atoms with Crippen LogP contribution < -0.4 is 0 Å². The standard InChI is InChI=1S/C15H18F2N2O2/c1-18-6-10(7-20)5-15(18)8-19(9-15)14(21)11-2-12(16)4-13(17)3-11/h2-4,10,20H,5-9H2,1H3/t10-/m1/s1. The third kappa shape index (κ3) is 2.42. The molecule has 0 radical (unpaired) electrons. The zero-order valence-electron chi connectivity index (χ0n) is 11.9. The van der Waals surface area contributed by atoms with Gasteiger partial charge in [-0.05, 0) is 31.5 Å². The topological polar surface area (TPSA) is 43.8 Å². The Labute approximate surface area is 122 Å². The van der Waals surface area contributed by atoms with Crippen LogP contribution >= 0.6 is 0 Å². The number of halogens is 2. The Hall–Kier alpha value is -1.53. The second-order valence-corrected chi connectivity index (χ2v) is 6.18.